The van der Waals surface area contributed by atoms with E-state index in [9.17, 15) is 0 Å². The summed E-state index contributed by atoms with van der Waals surface area (Å²) in [5, 5.41) is 10.6. The van der Waals surface area contributed by atoms with Crippen molar-refractivity contribution in [3.63, 3.8) is 0 Å². The van der Waals surface area contributed by atoms with E-state index in [0.29, 0.717) is 0 Å². The normalized spacial score (nSPS) is 11.0. The Labute approximate surface area is 131 Å². The predicted molar refractivity (Wildman–Crippen MR) is 84.4 cm³/mol. The van der Waals surface area contributed by atoms with Gasteiger partial charge >= 0.3 is 4.96 Å². The van der Waals surface area contributed by atoms with Gasteiger partial charge in [0, 0.05) is 10.9 Å². The van der Waals surface area contributed by atoms with Crippen molar-refractivity contribution in [3.05, 3.63) is 60.0 Å². The summed E-state index contributed by atoms with van der Waals surface area (Å²) in [5.74, 6) is 0.841. The number of benzene rings is 2. The molecule has 2 aromatic heterocycles. The number of hydrogen-bond acceptors (Lipinski definition) is 4. The Morgan fingerprint density at radius 3 is 2.55 bits per heavy atom. The number of nitrogens with zero attached hydrogens (tertiary/aromatic N) is 4. The molecule has 0 atom stereocenters. The molecule has 0 N–H and O–H groups in total. The Balaban J connectivity index is 1.82. The number of tetrazole rings is 1. The summed E-state index contributed by atoms with van der Waals surface area (Å²) in [4.78, 5) is 0.969. The van der Waals surface area contributed by atoms with Crippen molar-refractivity contribution >= 4 is 16.3 Å². The molecule has 0 bridgehead atoms. The molecule has 0 saturated heterocycles. The van der Waals surface area contributed by atoms with Gasteiger partial charge in [-0.3, -0.25) is 0 Å². The van der Waals surface area contributed by atoms with Gasteiger partial charge in [-0.1, -0.05) is 34.1 Å². The lowest BCUT2D eigenvalue weighted by molar-refractivity contribution is -0.566. The zero-order chi connectivity index (χ0) is 14.9. The van der Waals surface area contributed by atoms with Crippen molar-refractivity contribution in [2.75, 3.05) is 7.11 Å². The largest absolute Gasteiger partial charge is 0.497 e. The quantitative estimate of drug-likeness (QED) is 0.547. The first-order valence-electron chi connectivity index (χ1n) is 6.82. The van der Waals surface area contributed by atoms with Crippen LogP contribution >= 0.6 is 11.3 Å². The van der Waals surface area contributed by atoms with E-state index in [2.05, 4.69) is 15.8 Å². The third-order valence-corrected chi connectivity index (χ3v) is 4.37. The molecule has 2 aromatic carbocycles. The summed E-state index contributed by atoms with van der Waals surface area (Å²) in [5.41, 5.74) is 3.10. The van der Waals surface area contributed by atoms with Gasteiger partial charge in [-0.2, -0.15) is 0 Å². The number of thiazole rings is 1. The fourth-order valence-electron chi connectivity index (χ4n) is 2.34. The standard InChI is InChI=1S/C16H13N4OS/c1-21-14-9-7-12(8-10-14)15-11-22-16-19(17-18-20(15)16)13-5-3-2-4-6-13/h2-11H,1H3/q+1. The summed E-state index contributed by atoms with van der Waals surface area (Å²) < 4.78 is 8.91. The first-order chi connectivity index (χ1) is 10.9. The van der Waals surface area contributed by atoms with Gasteiger partial charge in [0.15, 0.2) is 5.21 Å². The molecule has 2 heterocycles. The minimum Gasteiger partial charge on any atom is -0.497 e. The summed E-state index contributed by atoms with van der Waals surface area (Å²) in [6.45, 7) is 0. The van der Waals surface area contributed by atoms with Gasteiger partial charge in [0.1, 0.15) is 22.3 Å². The van der Waals surface area contributed by atoms with E-state index < -0.39 is 0 Å². The van der Waals surface area contributed by atoms with E-state index in [4.69, 9.17) is 4.74 Å². The number of fused-ring (bicyclic) bond motifs is 1. The minimum atomic E-state index is 0.841. The highest BCUT2D eigenvalue weighted by Gasteiger charge is 2.21. The molecule has 0 radical (unpaired) electrons. The minimum absolute atomic E-state index is 0.841. The molecule has 108 valence electrons. The van der Waals surface area contributed by atoms with Crippen molar-refractivity contribution < 1.29 is 9.25 Å². The Bertz CT molecular complexity index is 912. The van der Waals surface area contributed by atoms with Crippen LogP contribution in [0.3, 0.4) is 0 Å². The van der Waals surface area contributed by atoms with Crippen molar-refractivity contribution in [1.29, 1.82) is 0 Å². The van der Waals surface area contributed by atoms with Crippen LogP contribution in [0, 0.1) is 0 Å². The van der Waals surface area contributed by atoms with Gasteiger partial charge in [-0.15, -0.1) is 0 Å². The number of aromatic nitrogens is 4. The van der Waals surface area contributed by atoms with Crippen molar-refractivity contribution in [2.45, 2.75) is 0 Å². The van der Waals surface area contributed by atoms with E-state index in [-0.39, 0.29) is 0 Å². The fourth-order valence-corrected chi connectivity index (χ4v) is 3.27. The number of rotatable bonds is 3. The number of hydrogen-bond donors (Lipinski definition) is 0. The van der Waals surface area contributed by atoms with Crippen LogP contribution in [0.1, 0.15) is 0 Å². The predicted octanol–water partition coefficient (Wildman–Crippen LogP) is 2.74. The molecule has 6 heteroatoms. The van der Waals surface area contributed by atoms with Crippen LogP contribution in [0.15, 0.2) is 60.0 Å². The van der Waals surface area contributed by atoms with E-state index in [1.807, 2.05) is 63.8 Å². The molecule has 0 amide bonds. The maximum atomic E-state index is 5.20. The number of para-hydroxylation sites is 1. The number of ether oxygens (including phenoxy) is 1. The lowest BCUT2D eigenvalue weighted by Gasteiger charge is -1.99. The Morgan fingerprint density at radius 1 is 1.05 bits per heavy atom. The van der Waals surface area contributed by atoms with Gasteiger partial charge in [0.25, 0.3) is 0 Å². The molecule has 0 aliphatic rings. The third kappa shape index (κ3) is 2.05. The number of methoxy groups -OCH3 is 1. The molecule has 0 unspecified atom stereocenters. The maximum absolute atomic E-state index is 5.20. The molecule has 4 aromatic rings. The van der Waals surface area contributed by atoms with Crippen molar-refractivity contribution in [3.8, 4) is 22.7 Å². The van der Waals surface area contributed by atoms with E-state index >= 15 is 0 Å². The van der Waals surface area contributed by atoms with Crippen molar-refractivity contribution in [1.82, 2.24) is 15.1 Å². The van der Waals surface area contributed by atoms with Crippen LogP contribution in [0.4, 0.5) is 0 Å². The molecule has 0 saturated carbocycles. The summed E-state index contributed by atoms with van der Waals surface area (Å²) in [6, 6.07) is 17.9. The van der Waals surface area contributed by atoms with Gasteiger partial charge in [-0.05, 0) is 41.1 Å². The Kier molecular flexibility index (Phi) is 3.08. The molecule has 22 heavy (non-hydrogen) atoms. The molecule has 0 fully saturated rings. The lowest BCUT2D eigenvalue weighted by Crippen LogP contribution is -2.23. The maximum Gasteiger partial charge on any atom is 0.350 e. The third-order valence-electron chi connectivity index (χ3n) is 3.47. The lowest BCUT2D eigenvalue weighted by atomic mass is 10.2. The van der Waals surface area contributed by atoms with Crippen LogP contribution in [-0.4, -0.2) is 22.2 Å². The SMILES string of the molecule is COc1ccc(-c2csc3n(-c4ccccc4)nn[n+]23)cc1. The summed E-state index contributed by atoms with van der Waals surface area (Å²) in [6.07, 6.45) is 0. The van der Waals surface area contributed by atoms with Crippen LogP contribution in [0.5, 0.6) is 5.75 Å². The van der Waals surface area contributed by atoms with Gasteiger partial charge < -0.3 is 4.74 Å². The van der Waals surface area contributed by atoms with E-state index in [1.54, 1.807) is 18.4 Å². The van der Waals surface area contributed by atoms with Crippen LogP contribution in [0.25, 0.3) is 21.9 Å². The van der Waals surface area contributed by atoms with E-state index in [0.717, 1.165) is 27.7 Å². The highest BCUT2D eigenvalue weighted by atomic mass is 32.1. The smallest absolute Gasteiger partial charge is 0.350 e. The first kappa shape index (κ1) is 13.0. The molecule has 0 aliphatic heterocycles. The molecular formula is C16H13N4OS+. The highest BCUT2D eigenvalue weighted by Crippen LogP contribution is 2.23. The van der Waals surface area contributed by atoms with E-state index in [1.165, 1.54) is 0 Å². The van der Waals surface area contributed by atoms with Gasteiger partial charge in [-0.25, -0.2) is 0 Å². The second-order valence-corrected chi connectivity index (χ2v) is 5.61. The second-order valence-electron chi connectivity index (χ2n) is 4.77. The van der Waals surface area contributed by atoms with Crippen LogP contribution in [0.2, 0.25) is 0 Å². The van der Waals surface area contributed by atoms with Gasteiger partial charge in [0.05, 0.1) is 7.11 Å². The summed E-state index contributed by atoms with van der Waals surface area (Å²) >= 11 is 1.62. The van der Waals surface area contributed by atoms with Crippen molar-refractivity contribution in [2.24, 2.45) is 0 Å². The zero-order valence-electron chi connectivity index (χ0n) is 11.9. The highest BCUT2D eigenvalue weighted by molar-refractivity contribution is 7.15. The average Bonchev–Trinajstić information content (AvgIpc) is 3.17. The topological polar surface area (TPSA) is 44.0 Å². The molecular weight excluding hydrogens is 296 g/mol. The molecule has 0 aliphatic carbocycles. The molecule has 0 spiro atoms. The zero-order valence-corrected chi connectivity index (χ0v) is 12.7. The fraction of sp³-hybridized carbons (Fsp3) is 0.0625. The van der Waals surface area contributed by atoms with Crippen LogP contribution in [-0.2, 0) is 0 Å². The Morgan fingerprint density at radius 2 is 1.82 bits per heavy atom. The monoisotopic (exact) mass is 309 g/mol. The second kappa shape index (κ2) is 5.23. The van der Waals surface area contributed by atoms with Crippen LogP contribution < -0.4 is 9.25 Å². The van der Waals surface area contributed by atoms with Gasteiger partial charge in [0.2, 0.25) is 0 Å². The molecule has 5 nitrogen and oxygen atoms in total. The summed E-state index contributed by atoms with van der Waals surface area (Å²) in [7, 11) is 1.66. The first-order valence-corrected chi connectivity index (χ1v) is 7.70. The Hall–Kier alpha value is -2.73. The molecule has 4 rings (SSSR count). The average molecular weight is 309 g/mol.